The average molecular weight is 292 g/mol. The topological polar surface area (TPSA) is 95.1 Å². The average Bonchev–Trinajstić information content (AvgIpc) is 2.51. The molecule has 7 heteroatoms. The van der Waals surface area contributed by atoms with Crippen molar-refractivity contribution in [2.75, 3.05) is 7.11 Å². The molecule has 0 amide bonds. The van der Waals surface area contributed by atoms with Crippen molar-refractivity contribution in [1.82, 2.24) is 4.91 Å². The van der Waals surface area contributed by atoms with Gasteiger partial charge in [0, 0.05) is 13.5 Å². The minimum atomic E-state index is -0.599. The molecule has 7 nitrogen and oxygen atoms in total. The molecule has 0 radical (unpaired) electrons. The number of ether oxygens (including phenoxy) is 3. The lowest BCUT2D eigenvalue weighted by molar-refractivity contribution is -0.212. The quantitative estimate of drug-likeness (QED) is 0.521. The minimum Gasteiger partial charge on any atom is -0.453 e. The van der Waals surface area contributed by atoms with Crippen LogP contribution in [0.3, 0.4) is 0 Å². The van der Waals surface area contributed by atoms with Gasteiger partial charge in [-0.15, -0.1) is 0 Å². The predicted molar refractivity (Wildman–Crippen MR) is 72.7 cm³/mol. The third-order valence-corrected chi connectivity index (χ3v) is 3.36. The lowest BCUT2D eigenvalue weighted by atomic mass is 10.00. The first-order valence-electron chi connectivity index (χ1n) is 6.66. The van der Waals surface area contributed by atoms with Crippen LogP contribution < -0.4 is 4.91 Å². The van der Waals surface area contributed by atoms with Crippen LogP contribution in [0.4, 0.5) is 0 Å². The summed E-state index contributed by atoms with van der Waals surface area (Å²) in [6.45, 7) is 1.78. The normalized spacial score (nSPS) is 28.5. The van der Waals surface area contributed by atoms with Crippen LogP contribution in [0.15, 0.2) is 35.4 Å². The number of hydrogen-bond donors (Lipinski definition) is 1. The second-order valence-electron chi connectivity index (χ2n) is 4.76. The fourth-order valence-electron chi connectivity index (χ4n) is 2.30. The van der Waals surface area contributed by atoms with Crippen molar-refractivity contribution < 1.29 is 19.0 Å². The molecule has 0 aromatic heterocycles. The van der Waals surface area contributed by atoms with E-state index < -0.39 is 30.5 Å². The zero-order valence-electron chi connectivity index (χ0n) is 11.9. The molecule has 0 bridgehead atoms. The zero-order valence-corrected chi connectivity index (χ0v) is 11.9. The summed E-state index contributed by atoms with van der Waals surface area (Å²) in [6, 6.07) is 8.25. The Labute approximate surface area is 122 Å². The molecule has 1 aliphatic rings. The molecule has 0 spiro atoms. The maximum Gasteiger partial charge on any atom is 0.338 e. The SMILES string of the molecule is COC1CC(N=[N+]=N)C(OC(=O)c2ccccc2)C(C)O1. The Morgan fingerprint density at radius 1 is 1.43 bits per heavy atom. The summed E-state index contributed by atoms with van der Waals surface area (Å²) in [5.41, 5.74) is 7.36. The van der Waals surface area contributed by atoms with E-state index in [2.05, 4.69) is 10.0 Å². The molecule has 4 unspecified atom stereocenters. The maximum absolute atomic E-state index is 12.1. The molecule has 21 heavy (non-hydrogen) atoms. The van der Waals surface area contributed by atoms with Gasteiger partial charge in [-0.1, -0.05) is 18.2 Å². The van der Waals surface area contributed by atoms with E-state index in [9.17, 15) is 4.79 Å². The number of benzene rings is 1. The number of carbonyl (C=O) groups excluding carboxylic acids is 1. The van der Waals surface area contributed by atoms with E-state index in [1.165, 1.54) is 7.11 Å². The van der Waals surface area contributed by atoms with E-state index >= 15 is 0 Å². The van der Waals surface area contributed by atoms with Gasteiger partial charge in [0.25, 0.3) is 0 Å². The highest BCUT2D eigenvalue weighted by molar-refractivity contribution is 5.89. The number of methoxy groups -OCH3 is 1. The molecule has 112 valence electrons. The van der Waals surface area contributed by atoms with Crippen LogP contribution in [-0.2, 0) is 14.2 Å². The number of carbonyl (C=O) groups is 1. The number of esters is 1. The number of hydrogen-bond acceptors (Lipinski definition) is 6. The molecule has 1 saturated heterocycles. The van der Waals surface area contributed by atoms with E-state index in [-0.39, 0.29) is 0 Å². The first-order valence-corrected chi connectivity index (χ1v) is 6.66. The van der Waals surface area contributed by atoms with Crippen molar-refractivity contribution in [2.45, 2.75) is 37.9 Å². The van der Waals surface area contributed by atoms with Crippen LogP contribution in [-0.4, -0.2) is 37.6 Å². The molecule has 1 aromatic carbocycles. The molecular formula is C14H18N3O4+. The first-order chi connectivity index (χ1) is 10.2. The van der Waals surface area contributed by atoms with Crippen molar-refractivity contribution in [1.29, 1.82) is 5.53 Å². The van der Waals surface area contributed by atoms with E-state index in [1.807, 2.05) is 6.07 Å². The Morgan fingerprint density at radius 2 is 2.14 bits per heavy atom. The summed E-state index contributed by atoms with van der Waals surface area (Å²) in [7, 11) is 1.53. The standard InChI is InChI=1S/C14H18N3O4/c1-9-13(11(16-17-15)8-12(19-2)20-9)21-14(18)10-6-4-3-5-7-10/h3-7,9,11-13,15H,8H2,1-2H3/q+1. The van der Waals surface area contributed by atoms with Gasteiger partial charge >= 0.3 is 5.97 Å². The van der Waals surface area contributed by atoms with Gasteiger partial charge in [-0.2, -0.15) is 0 Å². The molecule has 1 aromatic rings. The highest BCUT2D eigenvalue weighted by Gasteiger charge is 2.42. The Hall–Kier alpha value is -2.08. The molecular weight excluding hydrogens is 274 g/mol. The summed E-state index contributed by atoms with van der Waals surface area (Å²) in [4.78, 5) is 15.2. The minimum absolute atomic E-state index is 0.385. The van der Waals surface area contributed by atoms with Gasteiger partial charge < -0.3 is 14.2 Å². The third-order valence-electron chi connectivity index (χ3n) is 3.36. The molecule has 0 saturated carbocycles. The van der Waals surface area contributed by atoms with Gasteiger partial charge in [0.15, 0.2) is 18.4 Å². The van der Waals surface area contributed by atoms with Gasteiger partial charge in [0.1, 0.15) is 10.6 Å². The Kier molecular flexibility index (Phi) is 5.16. The monoisotopic (exact) mass is 292 g/mol. The van der Waals surface area contributed by atoms with Crippen molar-refractivity contribution in [3.8, 4) is 0 Å². The van der Waals surface area contributed by atoms with E-state index in [1.54, 1.807) is 31.2 Å². The fourth-order valence-corrected chi connectivity index (χ4v) is 2.30. The maximum atomic E-state index is 12.1. The van der Waals surface area contributed by atoms with Crippen molar-refractivity contribution >= 4 is 5.97 Å². The molecule has 1 N–H and O–H groups in total. The second kappa shape index (κ2) is 7.08. The summed E-state index contributed by atoms with van der Waals surface area (Å²) in [5.74, 6) is -0.447. The van der Waals surface area contributed by atoms with Crippen molar-refractivity contribution in [3.63, 3.8) is 0 Å². The summed E-state index contributed by atoms with van der Waals surface area (Å²) in [5, 5.41) is 3.81. The summed E-state index contributed by atoms with van der Waals surface area (Å²) < 4.78 is 16.2. The smallest absolute Gasteiger partial charge is 0.338 e. The number of nitrogens with zero attached hydrogens (tertiary/aromatic N) is 2. The van der Waals surface area contributed by atoms with Gasteiger partial charge in [0.2, 0.25) is 4.91 Å². The summed E-state index contributed by atoms with van der Waals surface area (Å²) >= 11 is 0. The van der Waals surface area contributed by atoms with Crippen molar-refractivity contribution in [3.05, 3.63) is 35.9 Å². The molecule has 1 heterocycles. The summed E-state index contributed by atoms with van der Waals surface area (Å²) in [6.07, 6.45) is -1.05. The first kappa shape index (κ1) is 15.3. The fraction of sp³-hybridized carbons (Fsp3) is 0.500. The molecule has 0 aliphatic carbocycles. The Morgan fingerprint density at radius 3 is 2.76 bits per heavy atom. The molecule has 1 fully saturated rings. The van der Waals surface area contributed by atoms with E-state index in [4.69, 9.17) is 19.7 Å². The van der Waals surface area contributed by atoms with Crippen LogP contribution in [0.5, 0.6) is 0 Å². The van der Waals surface area contributed by atoms with Crippen LogP contribution in [0.25, 0.3) is 0 Å². The molecule has 4 atom stereocenters. The lowest BCUT2D eigenvalue weighted by Gasteiger charge is -2.35. The van der Waals surface area contributed by atoms with E-state index in [0.717, 1.165) is 0 Å². The molecule has 2 rings (SSSR count). The molecule has 1 aliphatic heterocycles. The van der Waals surface area contributed by atoms with Gasteiger partial charge in [-0.25, -0.2) is 4.79 Å². The lowest BCUT2D eigenvalue weighted by Crippen LogP contribution is -2.49. The Balaban J connectivity index is 2.12. The van der Waals surface area contributed by atoms with Crippen LogP contribution >= 0.6 is 0 Å². The Bertz CT molecular complexity index is 530. The largest absolute Gasteiger partial charge is 0.453 e. The third kappa shape index (κ3) is 3.72. The van der Waals surface area contributed by atoms with Gasteiger partial charge in [-0.05, 0) is 19.1 Å². The predicted octanol–water partition coefficient (Wildman–Crippen LogP) is 1.91. The highest BCUT2D eigenvalue weighted by atomic mass is 16.7. The van der Waals surface area contributed by atoms with Gasteiger partial charge in [0.05, 0.1) is 11.7 Å². The van der Waals surface area contributed by atoms with Crippen molar-refractivity contribution in [2.24, 2.45) is 5.11 Å². The van der Waals surface area contributed by atoms with Gasteiger partial charge in [-0.3, -0.25) is 0 Å². The zero-order chi connectivity index (χ0) is 15.2. The number of rotatable bonds is 4. The van der Waals surface area contributed by atoms with Crippen LogP contribution in [0.1, 0.15) is 23.7 Å². The highest BCUT2D eigenvalue weighted by Crippen LogP contribution is 2.26. The number of nitrogens with one attached hydrogen (secondary N) is 1. The second-order valence-corrected chi connectivity index (χ2v) is 4.76. The van der Waals surface area contributed by atoms with Crippen LogP contribution in [0.2, 0.25) is 0 Å². The van der Waals surface area contributed by atoms with Crippen LogP contribution in [0, 0.1) is 5.53 Å². The van der Waals surface area contributed by atoms with E-state index in [0.29, 0.717) is 12.0 Å².